The Balaban J connectivity index is 2.76. The lowest BCUT2D eigenvalue weighted by Gasteiger charge is -2.06. The highest BCUT2D eigenvalue weighted by Gasteiger charge is 2.24. The molecule has 0 spiro atoms. The van der Waals surface area contributed by atoms with Gasteiger partial charge in [-0.3, -0.25) is 9.55 Å². The zero-order chi connectivity index (χ0) is 12.1. The molecular formula is C10H8INO3S. The zero-order valence-electron chi connectivity index (χ0n) is 8.36. The normalized spacial score (nSPS) is 14.9. The number of halogens is 1. The van der Waals surface area contributed by atoms with Crippen LogP contribution in [-0.2, 0) is 10.1 Å². The molecule has 0 aromatic heterocycles. The van der Waals surface area contributed by atoms with Crippen LogP contribution in [-0.4, -0.2) is 18.7 Å². The predicted octanol–water partition coefficient (Wildman–Crippen LogP) is 2.66. The van der Waals surface area contributed by atoms with Gasteiger partial charge in [-0.1, -0.05) is 6.58 Å². The van der Waals surface area contributed by atoms with Crippen molar-refractivity contribution in [3.63, 3.8) is 0 Å². The molecule has 16 heavy (non-hydrogen) atoms. The average Bonchev–Trinajstić information content (AvgIpc) is 2.41. The molecule has 0 unspecified atom stereocenters. The second-order valence-electron chi connectivity index (χ2n) is 3.42. The first-order chi connectivity index (χ1) is 7.32. The van der Waals surface area contributed by atoms with Crippen LogP contribution in [0.2, 0.25) is 0 Å². The fraction of sp³-hybridized carbons (Fsp3) is 0.100. The maximum Gasteiger partial charge on any atom is 0.295 e. The Morgan fingerprint density at radius 3 is 2.62 bits per heavy atom. The van der Waals surface area contributed by atoms with Gasteiger partial charge in [0, 0.05) is 14.8 Å². The largest absolute Gasteiger partial charge is 0.295 e. The molecule has 0 amide bonds. The van der Waals surface area contributed by atoms with E-state index in [0.29, 0.717) is 20.4 Å². The van der Waals surface area contributed by atoms with E-state index in [1.54, 1.807) is 6.07 Å². The van der Waals surface area contributed by atoms with Crippen molar-refractivity contribution in [2.24, 2.45) is 4.99 Å². The van der Waals surface area contributed by atoms with Gasteiger partial charge >= 0.3 is 0 Å². The third kappa shape index (κ3) is 1.70. The van der Waals surface area contributed by atoms with E-state index < -0.39 is 10.1 Å². The number of allylic oxidation sites excluding steroid dienone is 1. The number of aliphatic imine (C=N–C) groups is 1. The second-order valence-corrected chi connectivity index (χ2v) is 5.89. The van der Waals surface area contributed by atoms with Gasteiger partial charge in [-0.2, -0.15) is 8.42 Å². The summed E-state index contributed by atoms with van der Waals surface area (Å²) in [5.41, 5.74) is 2.85. The minimum Gasteiger partial charge on any atom is -0.282 e. The first-order valence-electron chi connectivity index (χ1n) is 4.37. The zero-order valence-corrected chi connectivity index (χ0v) is 11.3. The summed E-state index contributed by atoms with van der Waals surface area (Å²) < 4.78 is 31.8. The van der Waals surface area contributed by atoms with Crippen molar-refractivity contribution in [3.8, 4) is 0 Å². The SMILES string of the molecule is C=C1C(C)=Nc2ccc(S(=O)(=O)O)c(I)c21. The molecule has 0 saturated carbocycles. The van der Waals surface area contributed by atoms with Crippen LogP contribution < -0.4 is 0 Å². The summed E-state index contributed by atoms with van der Waals surface area (Å²) in [5.74, 6) is 0. The van der Waals surface area contributed by atoms with Crippen molar-refractivity contribution < 1.29 is 13.0 Å². The maximum absolute atomic E-state index is 11.1. The molecule has 4 nitrogen and oxygen atoms in total. The standard InChI is InChI=1S/C10H8INO3S/c1-5-6(2)12-7-3-4-8(16(13,14)15)10(11)9(5)7/h3-4H,1H2,2H3,(H,13,14,15). The summed E-state index contributed by atoms with van der Waals surface area (Å²) in [6.07, 6.45) is 0. The van der Waals surface area contributed by atoms with Gasteiger partial charge < -0.3 is 0 Å². The van der Waals surface area contributed by atoms with Gasteiger partial charge in [0.25, 0.3) is 10.1 Å². The molecule has 0 radical (unpaired) electrons. The van der Waals surface area contributed by atoms with Gasteiger partial charge in [-0.15, -0.1) is 0 Å². The highest BCUT2D eigenvalue weighted by atomic mass is 127. The topological polar surface area (TPSA) is 66.7 Å². The van der Waals surface area contributed by atoms with Crippen LogP contribution in [0.4, 0.5) is 5.69 Å². The molecule has 1 aromatic rings. The molecule has 2 rings (SSSR count). The third-order valence-corrected chi connectivity index (χ3v) is 4.77. The van der Waals surface area contributed by atoms with Crippen LogP contribution in [0.3, 0.4) is 0 Å². The first kappa shape index (κ1) is 11.7. The Kier molecular flexibility index (Phi) is 2.67. The first-order valence-corrected chi connectivity index (χ1v) is 6.89. The highest BCUT2D eigenvalue weighted by molar-refractivity contribution is 14.1. The summed E-state index contributed by atoms with van der Waals surface area (Å²) in [5, 5.41) is 0. The van der Waals surface area contributed by atoms with Gasteiger partial charge in [0.15, 0.2) is 0 Å². The summed E-state index contributed by atoms with van der Waals surface area (Å²) in [6.45, 7) is 5.66. The minimum atomic E-state index is -4.20. The molecule has 0 atom stereocenters. The van der Waals surface area contributed by atoms with Crippen molar-refractivity contribution in [1.29, 1.82) is 0 Å². The Bertz CT molecular complexity index is 632. The van der Waals surface area contributed by atoms with Crippen molar-refractivity contribution in [2.45, 2.75) is 11.8 Å². The smallest absolute Gasteiger partial charge is 0.282 e. The van der Waals surface area contributed by atoms with E-state index in [2.05, 4.69) is 11.6 Å². The Hall–Kier alpha value is -0.730. The molecule has 0 fully saturated rings. The molecule has 84 valence electrons. The minimum absolute atomic E-state index is 0.0992. The molecule has 6 heteroatoms. The van der Waals surface area contributed by atoms with Crippen molar-refractivity contribution >= 4 is 49.7 Å². The van der Waals surface area contributed by atoms with Gasteiger partial charge in [0.2, 0.25) is 0 Å². The molecule has 0 bridgehead atoms. The number of nitrogens with zero attached hydrogens (tertiary/aromatic N) is 1. The monoisotopic (exact) mass is 349 g/mol. The van der Waals surface area contributed by atoms with E-state index in [9.17, 15) is 8.42 Å². The molecule has 0 saturated heterocycles. The Morgan fingerprint density at radius 2 is 2.06 bits per heavy atom. The van der Waals surface area contributed by atoms with Gasteiger partial charge in [0.1, 0.15) is 4.90 Å². The van der Waals surface area contributed by atoms with Crippen LogP contribution in [0, 0.1) is 3.57 Å². The number of hydrogen-bond donors (Lipinski definition) is 1. The van der Waals surface area contributed by atoms with Crippen LogP contribution in [0.15, 0.2) is 28.6 Å². The van der Waals surface area contributed by atoms with E-state index in [-0.39, 0.29) is 4.90 Å². The van der Waals surface area contributed by atoms with E-state index in [4.69, 9.17) is 4.55 Å². The molecule has 1 aliphatic heterocycles. The van der Waals surface area contributed by atoms with Gasteiger partial charge in [-0.05, 0) is 47.2 Å². The quantitative estimate of drug-likeness (QED) is 0.626. The molecule has 1 N–H and O–H groups in total. The Morgan fingerprint density at radius 1 is 1.44 bits per heavy atom. The van der Waals surface area contributed by atoms with E-state index in [1.165, 1.54) is 6.07 Å². The summed E-state index contributed by atoms with van der Waals surface area (Å²) in [7, 11) is -4.20. The van der Waals surface area contributed by atoms with E-state index >= 15 is 0 Å². The second kappa shape index (κ2) is 3.64. The third-order valence-electron chi connectivity index (χ3n) is 2.39. The van der Waals surface area contributed by atoms with Crippen LogP contribution in [0.1, 0.15) is 12.5 Å². The van der Waals surface area contributed by atoms with Crippen molar-refractivity contribution in [1.82, 2.24) is 0 Å². The summed E-state index contributed by atoms with van der Waals surface area (Å²) in [6, 6.07) is 2.92. The summed E-state index contributed by atoms with van der Waals surface area (Å²) in [4.78, 5) is 4.15. The number of hydrogen-bond acceptors (Lipinski definition) is 3. The van der Waals surface area contributed by atoms with Gasteiger partial charge in [-0.25, -0.2) is 0 Å². The van der Waals surface area contributed by atoms with Crippen LogP contribution in [0.5, 0.6) is 0 Å². The lowest BCUT2D eigenvalue weighted by Crippen LogP contribution is -2.03. The molecule has 1 heterocycles. The molecule has 1 aliphatic rings. The van der Waals surface area contributed by atoms with Crippen molar-refractivity contribution in [3.05, 3.63) is 27.8 Å². The summed E-state index contributed by atoms with van der Waals surface area (Å²) >= 11 is 1.88. The average molecular weight is 349 g/mol. The number of rotatable bonds is 1. The molecule has 0 aliphatic carbocycles. The Labute approximate surface area is 107 Å². The van der Waals surface area contributed by atoms with Gasteiger partial charge in [0.05, 0.1) is 5.69 Å². The van der Waals surface area contributed by atoms with E-state index in [1.807, 2.05) is 29.5 Å². The maximum atomic E-state index is 11.1. The predicted molar refractivity (Wildman–Crippen MR) is 70.8 cm³/mol. The van der Waals surface area contributed by atoms with Crippen molar-refractivity contribution in [2.75, 3.05) is 0 Å². The van der Waals surface area contributed by atoms with Crippen LogP contribution >= 0.6 is 22.6 Å². The number of fused-ring (bicyclic) bond motifs is 1. The fourth-order valence-corrected chi connectivity index (χ4v) is 3.74. The number of benzene rings is 1. The van der Waals surface area contributed by atoms with Crippen LogP contribution in [0.25, 0.3) is 5.57 Å². The lowest BCUT2D eigenvalue weighted by molar-refractivity contribution is 0.482. The fourth-order valence-electron chi connectivity index (χ4n) is 1.56. The lowest BCUT2D eigenvalue weighted by atomic mass is 10.1. The van der Waals surface area contributed by atoms with E-state index in [0.717, 1.165) is 5.71 Å². The molecule has 1 aromatic carbocycles. The molecular weight excluding hydrogens is 341 g/mol. The highest BCUT2D eigenvalue weighted by Crippen LogP contribution is 2.39.